The fraction of sp³-hybridized carbons (Fsp3) is 0.200. The number of ketones is 3. The number of pyridine rings is 1. The third-order valence-corrected chi connectivity index (χ3v) is 1.86. The van der Waals surface area contributed by atoms with Gasteiger partial charge in [-0.1, -0.05) is 11.6 Å². The smallest absolute Gasteiger partial charge is 0.229 e. The maximum atomic E-state index is 11.4. The molecule has 1 rings (SSSR count). The summed E-state index contributed by atoms with van der Waals surface area (Å²) in [6.45, 7) is 1.25. The van der Waals surface area contributed by atoms with E-state index in [1.807, 2.05) is 0 Å². The van der Waals surface area contributed by atoms with E-state index in [9.17, 15) is 14.4 Å². The first-order chi connectivity index (χ1) is 7.00. The first kappa shape index (κ1) is 11.5. The summed E-state index contributed by atoms with van der Waals surface area (Å²) in [5, 5.41) is 0.136. The second-order valence-electron chi connectivity index (χ2n) is 3.00. The molecule has 0 bridgehead atoms. The topological polar surface area (TPSA) is 64.1 Å². The highest BCUT2D eigenvalue weighted by molar-refractivity contribution is 6.46. The van der Waals surface area contributed by atoms with Crippen LogP contribution in [0.1, 0.15) is 23.7 Å². The molecule has 1 aromatic heterocycles. The third kappa shape index (κ3) is 3.25. The lowest BCUT2D eigenvalue weighted by atomic mass is 10.1. The van der Waals surface area contributed by atoms with Gasteiger partial charge in [-0.25, -0.2) is 4.98 Å². The molecule has 0 unspecified atom stereocenters. The Morgan fingerprint density at radius 2 is 2.07 bits per heavy atom. The minimum atomic E-state index is -0.732. The van der Waals surface area contributed by atoms with Gasteiger partial charge in [-0.3, -0.25) is 14.4 Å². The zero-order chi connectivity index (χ0) is 11.4. The quantitative estimate of drug-likeness (QED) is 0.337. The maximum Gasteiger partial charge on any atom is 0.229 e. The molecule has 0 aliphatic rings. The largest absolute Gasteiger partial charge is 0.300 e. The zero-order valence-electron chi connectivity index (χ0n) is 7.99. The number of hydrogen-bond acceptors (Lipinski definition) is 4. The monoisotopic (exact) mass is 225 g/mol. The molecule has 0 fully saturated rings. The van der Waals surface area contributed by atoms with E-state index in [0.29, 0.717) is 0 Å². The lowest BCUT2D eigenvalue weighted by molar-refractivity contribution is -0.123. The number of aromatic nitrogens is 1. The van der Waals surface area contributed by atoms with E-state index in [0.717, 1.165) is 0 Å². The fourth-order valence-electron chi connectivity index (χ4n) is 1.01. The van der Waals surface area contributed by atoms with Crippen LogP contribution in [0.25, 0.3) is 0 Å². The molecular formula is C10H8ClNO3. The van der Waals surface area contributed by atoms with Crippen LogP contribution >= 0.6 is 11.6 Å². The Kier molecular flexibility index (Phi) is 3.68. The lowest BCUT2D eigenvalue weighted by Crippen LogP contribution is -2.16. The van der Waals surface area contributed by atoms with Gasteiger partial charge >= 0.3 is 0 Å². The Morgan fingerprint density at radius 3 is 2.60 bits per heavy atom. The zero-order valence-corrected chi connectivity index (χ0v) is 8.75. The van der Waals surface area contributed by atoms with Gasteiger partial charge in [0.2, 0.25) is 11.6 Å². The van der Waals surface area contributed by atoms with E-state index < -0.39 is 11.6 Å². The highest BCUT2D eigenvalue weighted by Gasteiger charge is 2.17. The molecule has 0 amide bonds. The van der Waals surface area contributed by atoms with Crippen molar-refractivity contribution in [1.29, 1.82) is 0 Å². The number of nitrogens with zero attached hydrogens (tertiary/aromatic N) is 1. The third-order valence-electron chi connectivity index (χ3n) is 1.65. The van der Waals surface area contributed by atoms with Crippen molar-refractivity contribution in [3.05, 3.63) is 29.0 Å². The second kappa shape index (κ2) is 4.79. The van der Waals surface area contributed by atoms with Gasteiger partial charge in [-0.05, 0) is 19.1 Å². The molecule has 0 saturated heterocycles. The first-order valence-electron chi connectivity index (χ1n) is 4.19. The number of Topliss-reactive ketones (excluding diaryl/α,β-unsaturated/α-hetero) is 3. The average Bonchev–Trinajstić information content (AvgIpc) is 2.15. The van der Waals surface area contributed by atoms with E-state index in [1.165, 1.54) is 25.3 Å². The van der Waals surface area contributed by atoms with Crippen molar-refractivity contribution in [3.8, 4) is 0 Å². The van der Waals surface area contributed by atoms with Crippen molar-refractivity contribution < 1.29 is 14.4 Å². The maximum absolute atomic E-state index is 11.4. The van der Waals surface area contributed by atoms with Crippen LogP contribution in [0.3, 0.4) is 0 Å². The normalized spacial score (nSPS) is 9.73. The molecule has 0 aromatic carbocycles. The predicted molar refractivity (Wildman–Crippen MR) is 53.9 cm³/mol. The molecule has 0 saturated carbocycles. The molecule has 15 heavy (non-hydrogen) atoms. The van der Waals surface area contributed by atoms with Crippen molar-refractivity contribution in [2.45, 2.75) is 13.3 Å². The molecule has 1 heterocycles. The Labute approximate surface area is 91.3 Å². The second-order valence-corrected chi connectivity index (χ2v) is 3.39. The van der Waals surface area contributed by atoms with Crippen LogP contribution in [-0.2, 0) is 9.59 Å². The van der Waals surface area contributed by atoms with E-state index in [4.69, 9.17) is 11.6 Å². The van der Waals surface area contributed by atoms with Crippen LogP contribution in [0, 0.1) is 0 Å². The molecule has 0 radical (unpaired) electrons. The summed E-state index contributed by atoms with van der Waals surface area (Å²) >= 11 is 5.56. The van der Waals surface area contributed by atoms with E-state index >= 15 is 0 Å². The van der Waals surface area contributed by atoms with Crippen molar-refractivity contribution in [1.82, 2.24) is 4.98 Å². The summed E-state index contributed by atoms with van der Waals surface area (Å²) in [4.78, 5) is 37.0. The van der Waals surface area contributed by atoms with Gasteiger partial charge in [0, 0.05) is 11.8 Å². The Balaban J connectivity index is 2.85. The van der Waals surface area contributed by atoms with Gasteiger partial charge in [0.15, 0.2) is 0 Å². The van der Waals surface area contributed by atoms with Gasteiger partial charge in [0.1, 0.15) is 10.9 Å². The van der Waals surface area contributed by atoms with Crippen molar-refractivity contribution >= 4 is 29.0 Å². The lowest BCUT2D eigenvalue weighted by Gasteiger charge is -1.98. The summed E-state index contributed by atoms with van der Waals surface area (Å²) in [5.41, 5.74) is 0.154. The van der Waals surface area contributed by atoms with Crippen LogP contribution in [0.2, 0.25) is 5.15 Å². The highest BCUT2D eigenvalue weighted by Crippen LogP contribution is 2.08. The molecule has 0 N–H and O–H groups in total. The number of hydrogen-bond donors (Lipinski definition) is 0. The van der Waals surface area contributed by atoms with Crippen molar-refractivity contribution in [2.75, 3.05) is 0 Å². The number of carbonyl (C=O) groups is 3. The van der Waals surface area contributed by atoms with Gasteiger partial charge in [0.05, 0.1) is 6.42 Å². The predicted octanol–water partition coefficient (Wildman–Crippen LogP) is 1.47. The Bertz CT molecular complexity index is 428. The molecule has 0 atom stereocenters. The van der Waals surface area contributed by atoms with Crippen LogP contribution in [0.4, 0.5) is 0 Å². The molecule has 0 aliphatic carbocycles. The molecule has 4 nitrogen and oxygen atoms in total. The summed E-state index contributed by atoms with van der Waals surface area (Å²) in [7, 11) is 0. The minimum absolute atomic E-state index is 0.136. The highest BCUT2D eigenvalue weighted by atomic mass is 35.5. The molecule has 5 heteroatoms. The van der Waals surface area contributed by atoms with Gasteiger partial charge in [-0.15, -0.1) is 0 Å². The molecule has 1 aromatic rings. The fourth-order valence-corrected chi connectivity index (χ4v) is 1.18. The summed E-state index contributed by atoms with van der Waals surface area (Å²) in [5.74, 6) is -1.78. The average molecular weight is 226 g/mol. The Morgan fingerprint density at radius 1 is 1.40 bits per heavy atom. The number of rotatable bonds is 4. The van der Waals surface area contributed by atoms with Crippen molar-refractivity contribution in [2.24, 2.45) is 0 Å². The van der Waals surface area contributed by atoms with Gasteiger partial charge < -0.3 is 0 Å². The molecule has 78 valence electrons. The summed E-state index contributed by atoms with van der Waals surface area (Å²) in [6, 6.07) is 2.67. The van der Waals surface area contributed by atoms with E-state index in [2.05, 4.69) is 4.98 Å². The summed E-state index contributed by atoms with van der Waals surface area (Å²) < 4.78 is 0. The molecule has 0 spiro atoms. The molecule has 0 aliphatic heterocycles. The standard InChI is InChI=1S/C10H8ClNO3/c1-6(13)4-8(14)10(15)7-2-3-12-9(11)5-7/h2-3,5H,4H2,1H3. The van der Waals surface area contributed by atoms with Crippen LogP contribution in [0.15, 0.2) is 18.3 Å². The Hall–Kier alpha value is -1.55. The van der Waals surface area contributed by atoms with Gasteiger partial charge in [-0.2, -0.15) is 0 Å². The van der Waals surface area contributed by atoms with Gasteiger partial charge in [0.25, 0.3) is 0 Å². The molecular weight excluding hydrogens is 218 g/mol. The minimum Gasteiger partial charge on any atom is -0.300 e. The van der Waals surface area contributed by atoms with E-state index in [-0.39, 0.29) is 22.9 Å². The summed E-state index contributed by atoms with van der Waals surface area (Å²) in [6.07, 6.45) is 0.954. The van der Waals surface area contributed by atoms with Crippen LogP contribution < -0.4 is 0 Å². The number of carbonyl (C=O) groups excluding carboxylic acids is 3. The van der Waals surface area contributed by atoms with E-state index in [1.54, 1.807) is 0 Å². The van der Waals surface area contributed by atoms with Crippen molar-refractivity contribution in [3.63, 3.8) is 0 Å². The van der Waals surface area contributed by atoms with Crippen LogP contribution in [-0.4, -0.2) is 22.3 Å². The SMILES string of the molecule is CC(=O)CC(=O)C(=O)c1ccnc(Cl)c1. The number of halogens is 1. The first-order valence-corrected chi connectivity index (χ1v) is 4.57. The van der Waals surface area contributed by atoms with Crippen LogP contribution in [0.5, 0.6) is 0 Å².